The van der Waals surface area contributed by atoms with E-state index in [1.165, 1.54) is 42.7 Å². The summed E-state index contributed by atoms with van der Waals surface area (Å²) in [6.07, 6.45) is 5.06. The Labute approximate surface area is 258 Å². The predicted octanol–water partition coefficient (Wildman–Crippen LogP) is 6.07. The number of hydrogen-bond donors (Lipinski definition) is 1. The standard InChI is InChI=1S/C34H34F2O7S/c1-19-15-25-24-11-8-21-16-23(37)12-13-31(21,2)33(24,36)28(39)17-32(25,3)34(19,43-29(40)27-5-4-14-42-27)30(41)44-18-26(38)20-6-9-22(35)10-7-20/h4-7,9-10,12-14,16,19,24-25,28,39H,8,11,15,17-18H2,1-3H3/t19-,24+,25+,28+,31+,32+,33+,34+/m1/s1. The summed E-state index contributed by atoms with van der Waals surface area (Å²) in [6.45, 7) is 5.26. The third-order valence-corrected chi connectivity index (χ3v) is 11.9. The van der Waals surface area contributed by atoms with Gasteiger partial charge in [0.25, 0.3) is 0 Å². The molecule has 8 atom stereocenters. The van der Waals surface area contributed by atoms with Gasteiger partial charge >= 0.3 is 5.97 Å². The van der Waals surface area contributed by atoms with Crippen molar-refractivity contribution in [3.8, 4) is 0 Å². The van der Waals surface area contributed by atoms with Crippen molar-refractivity contribution in [3.63, 3.8) is 0 Å². The van der Waals surface area contributed by atoms with Crippen molar-refractivity contribution in [2.24, 2.45) is 28.6 Å². The predicted molar refractivity (Wildman–Crippen MR) is 158 cm³/mol. The first-order chi connectivity index (χ1) is 20.8. The van der Waals surface area contributed by atoms with Crippen LogP contribution in [-0.2, 0) is 14.3 Å². The van der Waals surface area contributed by atoms with Crippen molar-refractivity contribution in [1.29, 1.82) is 0 Å². The lowest BCUT2D eigenvalue weighted by Crippen LogP contribution is -2.69. The number of ether oxygens (including phenoxy) is 1. The zero-order chi connectivity index (χ0) is 31.7. The van der Waals surface area contributed by atoms with E-state index in [0.717, 1.165) is 12.1 Å². The number of furan rings is 1. The number of thioether (sulfide) groups is 1. The van der Waals surface area contributed by atoms with E-state index >= 15 is 4.39 Å². The molecule has 4 aliphatic rings. The molecule has 2 aromatic rings. The molecule has 0 aliphatic heterocycles. The fraction of sp³-hybridized carbons (Fsp3) is 0.471. The van der Waals surface area contributed by atoms with Crippen molar-refractivity contribution >= 4 is 34.4 Å². The van der Waals surface area contributed by atoms with Crippen LogP contribution in [0.4, 0.5) is 8.78 Å². The monoisotopic (exact) mass is 624 g/mol. The topological polar surface area (TPSA) is 111 Å². The van der Waals surface area contributed by atoms with Crippen LogP contribution in [0.15, 0.2) is 70.9 Å². The molecule has 0 unspecified atom stereocenters. The lowest BCUT2D eigenvalue weighted by molar-refractivity contribution is -0.216. The maximum absolute atomic E-state index is 17.7. The van der Waals surface area contributed by atoms with Gasteiger partial charge < -0.3 is 14.3 Å². The van der Waals surface area contributed by atoms with Crippen molar-refractivity contribution in [2.45, 2.75) is 63.8 Å². The maximum Gasteiger partial charge on any atom is 0.375 e. The molecule has 1 aromatic carbocycles. The molecular formula is C34H34F2O7S. The summed E-state index contributed by atoms with van der Waals surface area (Å²) in [4.78, 5) is 53.0. The van der Waals surface area contributed by atoms with Gasteiger partial charge in [0, 0.05) is 28.2 Å². The Balaban J connectivity index is 1.39. The van der Waals surface area contributed by atoms with E-state index in [-0.39, 0.29) is 29.3 Å². The van der Waals surface area contributed by atoms with Gasteiger partial charge in [-0.1, -0.05) is 37.3 Å². The molecule has 0 amide bonds. The molecule has 4 aliphatic carbocycles. The molecular weight excluding hydrogens is 590 g/mol. The number of allylic oxidation sites excluding steroid dienone is 4. The van der Waals surface area contributed by atoms with E-state index in [4.69, 9.17) is 9.15 Å². The molecule has 0 saturated heterocycles. The zero-order valence-corrected chi connectivity index (χ0v) is 25.5. The summed E-state index contributed by atoms with van der Waals surface area (Å²) < 4.78 is 42.5. The average Bonchev–Trinajstić information content (AvgIpc) is 3.60. The van der Waals surface area contributed by atoms with Crippen LogP contribution >= 0.6 is 11.8 Å². The molecule has 10 heteroatoms. The molecule has 3 fully saturated rings. The minimum atomic E-state index is -2.13. The molecule has 1 N–H and O–H groups in total. The van der Waals surface area contributed by atoms with Crippen LogP contribution < -0.4 is 0 Å². The molecule has 1 aromatic heterocycles. The van der Waals surface area contributed by atoms with Crippen LogP contribution in [-0.4, -0.2) is 50.9 Å². The zero-order valence-electron chi connectivity index (χ0n) is 24.7. The van der Waals surface area contributed by atoms with E-state index < -0.39 is 68.6 Å². The van der Waals surface area contributed by atoms with Gasteiger partial charge in [-0.05, 0) is 87.1 Å². The second kappa shape index (κ2) is 10.6. The first-order valence-electron chi connectivity index (χ1n) is 14.8. The summed E-state index contributed by atoms with van der Waals surface area (Å²) in [5, 5.41) is 11.2. The van der Waals surface area contributed by atoms with Crippen molar-refractivity contribution in [2.75, 3.05) is 5.75 Å². The van der Waals surface area contributed by atoms with Crippen LogP contribution in [0.3, 0.4) is 0 Å². The largest absolute Gasteiger partial charge is 0.457 e. The smallest absolute Gasteiger partial charge is 0.375 e. The number of aliphatic hydroxyl groups excluding tert-OH is 1. The van der Waals surface area contributed by atoms with Crippen molar-refractivity contribution in [3.05, 3.63) is 83.6 Å². The SMILES string of the molecule is C[C@@H]1C[C@H]2[C@@H]3CCC4=CC(=O)C=C[C@]4(C)[C@@]3(F)[C@@H](O)C[C@]2(C)[C@@]1(OC(=O)c1ccco1)C(=O)SCC(=O)c1ccc(F)cc1. The summed E-state index contributed by atoms with van der Waals surface area (Å²) in [5.74, 6) is -4.18. The number of benzene rings is 1. The van der Waals surface area contributed by atoms with Gasteiger partial charge in [-0.15, -0.1) is 0 Å². The van der Waals surface area contributed by atoms with E-state index in [9.17, 15) is 28.7 Å². The number of rotatable bonds is 6. The second-order valence-electron chi connectivity index (χ2n) is 13.0. The van der Waals surface area contributed by atoms with E-state index in [2.05, 4.69) is 0 Å². The number of carbonyl (C=O) groups excluding carboxylic acids is 4. The first kappa shape index (κ1) is 30.6. The summed E-state index contributed by atoms with van der Waals surface area (Å²) in [5.41, 5.74) is -5.52. The van der Waals surface area contributed by atoms with Crippen molar-refractivity contribution in [1.82, 2.24) is 0 Å². The average molecular weight is 625 g/mol. The Morgan fingerprint density at radius 3 is 2.55 bits per heavy atom. The Morgan fingerprint density at radius 1 is 1.14 bits per heavy atom. The number of fused-ring (bicyclic) bond motifs is 5. The molecule has 0 spiro atoms. The molecule has 44 heavy (non-hydrogen) atoms. The number of hydrogen-bond acceptors (Lipinski definition) is 8. The van der Waals surface area contributed by atoms with Crippen LogP contribution in [0, 0.1) is 34.4 Å². The van der Waals surface area contributed by atoms with Crippen LogP contribution in [0.25, 0.3) is 0 Å². The molecule has 1 heterocycles. The third-order valence-electron chi connectivity index (χ3n) is 11.0. The van der Waals surface area contributed by atoms with E-state index in [1.54, 1.807) is 26.8 Å². The molecule has 6 rings (SSSR count). The van der Waals surface area contributed by atoms with Gasteiger partial charge in [0.1, 0.15) is 5.82 Å². The minimum absolute atomic E-state index is 0.114. The second-order valence-corrected chi connectivity index (χ2v) is 14.0. The highest BCUT2D eigenvalue weighted by atomic mass is 32.2. The number of Topliss-reactive ketones (excluding diaryl/α,β-unsaturated/α-hetero) is 1. The van der Waals surface area contributed by atoms with E-state index in [1.807, 2.05) is 0 Å². The Bertz CT molecular complexity index is 1580. The summed E-state index contributed by atoms with van der Waals surface area (Å²) in [6, 6.07) is 7.92. The Hall–Kier alpha value is -3.37. The van der Waals surface area contributed by atoms with Gasteiger partial charge in [-0.3, -0.25) is 14.4 Å². The maximum atomic E-state index is 17.7. The van der Waals surface area contributed by atoms with Gasteiger partial charge in [0.15, 0.2) is 22.8 Å². The number of ketones is 2. The number of esters is 1. The Kier molecular flexibility index (Phi) is 7.40. The van der Waals surface area contributed by atoms with Crippen LogP contribution in [0.2, 0.25) is 0 Å². The van der Waals surface area contributed by atoms with Crippen LogP contribution in [0.1, 0.15) is 67.4 Å². The highest BCUT2D eigenvalue weighted by Gasteiger charge is 2.77. The van der Waals surface area contributed by atoms with Crippen LogP contribution in [0.5, 0.6) is 0 Å². The van der Waals surface area contributed by atoms with E-state index in [0.29, 0.717) is 36.6 Å². The fourth-order valence-corrected chi connectivity index (χ4v) is 9.89. The molecule has 0 radical (unpaired) electrons. The quantitative estimate of drug-likeness (QED) is 0.305. The van der Waals surface area contributed by atoms with Gasteiger partial charge in [-0.2, -0.15) is 0 Å². The third kappa shape index (κ3) is 4.24. The number of halogens is 2. The van der Waals surface area contributed by atoms with Gasteiger partial charge in [0.2, 0.25) is 10.9 Å². The number of aliphatic hydroxyl groups is 1. The molecule has 3 saturated carbocycles. The minimum Gasteiger partial charge on any atom is -0.457 e. The summed E-state index contributed by atoms with van der Waals surface area (Å²) >= 11 is 0.701. The normalized spacial score (nSPS) is 37.4. The molecule has 7 nitrogen and oxygen atoms in total. The van der Waals surface area contributed by atoms with Gasteiger partial charge in [-0.25, -0.2) is 13.6 Å². The first-order valence-corrected chi connectivity index (χ1v) is 15.8. The Morgan fingerprint density at radius 2 is 1.86 bits per heavy atom. The van der Waals surface area contributed by atoms with Gasteiger partial charge in [0.05, 0.1) is 18.1 Å². The lowest BCUT2D eigenvalue weighted by Gasteiger charge is -2.62. The number of alkyl halides is 1. The fourth-order valence-electron chi connectivity index (χ4n) is 8.77. The summed E-state index contributed by atoms with van der Waals surface area (Å²) in [7, 11) is 0. The van der Waals surface area contributed by atoms with Crippen molar-refractivity contribution < 1.29 is 42.2 Å². The highest BCUT2D eigenvalue weighted by molar-refractivity contribution is 8.14. The highest BCUT2D eigenvalue weighted by Crippen LogP contribution is 2.71. The molecule has 0 bridgehead atoms. The lowest BCUT2D eigenvalue weighted by atomic mass is 9.45. The number of carbonyl (C=O) groups is 4. The molecule has 232 valence electrons.